The molecule has 2 bridgehead atoms. The first-order valence-electron chi connectivity index (χ1n) is 8.16. The standard InChI is InChI=1S/C14H20F5NO6S2/c1-11(2)7-4-8(12(3,22)9(11)5-7)6-10(21)13(15,16)27(23,24)20-28(25,26)14(17,18)19/h7-9,20,22H,4-6H2,1-3H3. The second-order valence-electron chi connectivity index (χ2n) is 8.15. The third-order valence-electron chi connectivity index (χ3n) is 6.19. The van der Waals surface area contributed by atoms with Crippen molar-refractivity contribution in [1.82, 2.24) is 4.13 Å². The minimum atomic E-state index is -6.66. The van der Waals surface area contributed by atoms with Gasteiger partial charge in [-0.05, 0) is 42.9 Å². The lowest BCUT2D eigenvalue weighted by Crippen LogP contribution is -2.64. The van der Waals surface area contributed by atoms with Crippen LogP contribution < -0.4 is 4.13 Å². The summed E-state index contributed by atoms with van der Waals surface area (Å²) in [6, 6.07) is 0. The van der Waals surface area contributed by atoms with E-state index in [4.69, 9.17) is 0 Å². The first-order valence-corrected chi connectivity index (χ1v) is 11.1. The molecule has 7 nitrogen and oxygen atoms in total. The van der Waals surface area contributed by atoms with Gasteiger partial charge in [-0.15, -0.1) is 0 Å². The van der Waals surface area contributed by atoms with E-state index in [9.17, 15) is 48.7 Å². The molecule has 0 aromatic rings. The van der Waals surface area contributed by atoms with Gasteiger partial charge in [-0.1, -0.05) is 18.0 Å². The van der Waals surface area contributed by atoms with Crippen LogP contribution in [0.15, 0.2) is 0 Å². The van der Waals surface area contributed by atoms with Gasteiger partial charge in [0.15, 0.2) is 0 Å². The molecule has 3 fully saturated rings. The highest BCUT2D eigenvalue weighted by molar-refractivity contribution is 8.05. The van der Waals surface area contributed by atoms with Crippen LogP contribution in [0.5, 0.6) is 0 Å². The Hall–Kier alpha value is -0.860. The topological polar surface area (TPSA) is 118 Å². The van der Waals surface area contributed by atoms with Gasteiger partial charge in [-0.25, -0.2) is 16.8 Å². The number of ketones is 1. The number of fused-ring (bicyclic) bond motifs is 2. The van der Waals surface area contributed by atoms with E-state index in [2.05, 4.69) is 0 Å². The third kappa shape index (κ3) is 3.45. The largest absolute Gasteiger partial charge is 0.512 e. The van der Waals surface area contributed by atoms with Gasteiger partial charge < -0.3 is 5.11 Å². The van der Waals surface area contributed by atoms with E-state index in [0.29, 0.717) is 6.42 Å². The van der Waals surface area contributed by atoms with Crippen LogP contribution >= 0.6 is 0 Å². The maximum Gasteiger partial charge on any atom is 0.512 e. The summed E-state index contributed by atoms with van der Waals surface area (Å²) in [4.78, 5) is 11.9. The molecule has 0 radical (unpaired) electrons. The Kier molecular flexibility index (Phi) is 5.28. The average Bonchev–Trinajstić information content (AvgIpc) is 2.45. The lowest BCUT2D eigenvalue weighted by atomic mass is 9.41. The Balaban J connectivity index is 2.22. The molecule has 4 unspecified atom stereocenters. The highest BCUT2D eigenvalue weighted by Crippen LogP contribution is 2.65. The molecule has 4 atom stereocenters. The molecule has 14 heteroatoms. The number of alkyl halides is 5. The highest BCUT2D eigenvalue weighted by atomic mass is 32.3. The van der Waals surface area contributed by atoms with Crippen LogP contribution in [0.25, 0.3) is 0 Å². The van der Waals surface area contributed by atoms with Crippen molar-refractivity contribution in [2.24, 2.45) is 23.2 Å². The number of nitrogens with one attached hydrogen (secondary N) is 1. The van der Waals surface area contributed by atoms with Crippen LogP contribution in [0.2, 0.25) is 0 Å². The van der Waals surface area contributed by atoms with E-state index in [1.165, 1.54) is 6.92 Å². The average molecular weight is 457 g/mol. The Morgan fingerprint density at radius 1 is 1.04 bits per heavy atom. The molecule has 0 aromatic carbocycles. The van der Waals surface area contributed by atoms with Gasteiger partial charge >= 0.3 is 20.8 Å². The minimum Gasteiger partial charge on any atom is -0.390 e. The Bertz CT molecular complexity index is 878. The van der Waals surface area contributed by atoms with Gasteiger partial charge in [-0.2, -0.15) is 22.0 Å². The molecule has 3 aliphatic rings. The van der Waals surface area contributed by atoms with Crippen molar-refractivity contribution in [3.8, 4) is 0 Å². The van der Waals surface area contributed by atoms with Crippen LogP contribution in [-0.2, 0) is 24.8 Å². The summed E-state index contributed by atoms with van der Waals surface area (Å²) >= 11 is 0. The summed E-state index contributed by atoms with van der Waals surface area (Å²) in [5, 5.41) is 5.25. The van der Waals surface area contributed by atoms with Crippen molar-refractivity contribution in [2.75, 3.05) is 0 Å². The normalized spacial score (nSPS) is 33.2. The van der Waals surface area contributed by atoms with Gasteiger partial charge in [0.25, 0.3) is 10.0 Å². The number of hydrogen-bond donors (Lipinski definition) is 2. The Morgan fingerprint density at radius 2 is 1.54 bits per heavy atom. The van der Waals surface area contributed by atoms with E-state index < -0.39 is 54.5 Å². The number of carbonyl (C=O) groups excluding carboxylic acids is 1. The predicted octanol–water partition coefficient (Wildman–Crippen LogP) is 1.74. The Labute approximate surface area is 158 Å². The lowest BCUT2D eigenvalue weighted by molar-refractivity contribution is -0.226. The van der Waals surface area contributed by atoms with Crippen LogP contribution in [0.1, 0.15) is 40.0 Å². The number of Topliss-reactive ketones (excluding diaryl/α,β-unsaturated/α-hetero) is 1. The number of sulfonamides is 2. The van der Waals surface area contributed by atoms with Gasteiger partial charge in [0.2, 0.25) is 5.78 Å². The quantitative estimate of drug-likeness (QED) is 0.587. The molecule has 28 heavy (non-hydrogen) atoms. The molecule has 0 aliphatic heterocycles. The number of hydrogen-bond acceptors (Lipinski definition) is 6. The zero-order valence-corrected chi connectivity index (χ0v) is 16.7. The van der Waals surface area contributed by atoms with Crippen LogP contribution in [0, 0.1) is 23.2 Å². The van der Waals surface area contributed by atoms with E-state index >= 15 is 0 Å². The Morgan fingerprint density at radius 3 is 1.93 bits per heavy atom. The van der Waals surface area contributed by atoms with Crippen molar-refractivity contribution in [3.63, 3.8) is 0 Å². The van der Waals surface area contributed by atoms with Crippen LogP contribution in [-0.4, -0.2) is 44.1 Å². The molecule has 0 spiro atoms. The number of halogens is 5. The van der Waals surface area contributed by atoms with E-state index in [1.54, 1.807) is 0 Å². The highest BCUT2D eigenvalue weighted by Gasteiger charge is 2.64. The fourth-order valence-electron chi connectivity index (χ4n) is 4.30. The zero-order chi connectivity index (χ0) is 22.1. The van der Waals surface area contributed by atoms with E-state index in [-0.39, 0.29) is 27.8 Å². The molecule has 0 aromatic heterocycles. The van der Waals surface area contributed by atoms with Crippen molar-refractivity contribution in [2.45, 2.75) is 56.4 Å². The van der Waals surface area contributed by atoms with Gasteiger partial charge in [0.1, 0.15) is 0 Å². The fraction of sp³-hybridized carbons (Fsp3) is 0.929. The van der Waals surface area contributed by atoms with Gasteiger partial charge in [0, 0.05) is 6.42 Å². The summed E-state index contributed by atoms with van der Waals surface area (Å²) < 4.78 is 110. The predicted molar refractivity (Wildman–Crippen MR) is 85.7 cm³/mol. The van der Waals surface area contributed by atoms with Crippen LogP contribution in [0.3, 0.4) is 0 Å². The zero-order valence-electron chi connectivity index (χ0n) is 15.0. The summed E-state index contributed by atoms with van der Waals surface area (Å²) in [6.07, 6.45) is -0.381. The molecule has 0 amide bonds. The molecule has 3 rings (SSSR count). The lowest BCUT2D eigenvalue weighted by Gasteiger charge is -2.65. The first-order chi connectivity index (χ1) is 12.2. The molecule has 0 heterocycles. The summed E-state index contributed by atoms with van der Waals surface area (Å²) in [5.74, 6) is -3.66. The molecule has 2 N–H and O–H groups in total. The number of aliphatic hydroxyl groups is 1. The SMILES string of the molecule is CC1(C)C2CC(CC(=O)C(F)(F)S(=O)(=O)NS(=O)(=O)C(F)(F)F)C(C)(O)C1C2. The smallest absolute Gasteiger partial charge is 0.390 e. The summed E-state index contributed by atoms with van der Waals surface area (Å²) in [7, 11) is -13.2. The fourth-order valence-corrected chi connectivity index (χ4v) is 6.64. The van der Waals surface area contributed by atoms with E-state index in [1.807, 2.05) is 13.8 Å². The summed E-state index contributed by atoms with van der Waals surface area (Å²) in [6.45, 7) is 5.07. The summed E-state index contributed by atoms with van der Waals surface area (Å²) in [5.41, 5.74) is -8.04. The molecule has 3 aliphatic carbocycles. The van der Waals surface area contributed by atoms with Crippen LogP contribution in [0.4, 0.5) is 22.0 Å². The molecular formula is C14H20F5NO6S2. The monoisotopic (exact) mass is 457 g/mol. The van der Waals surface area contributed by atoms with Crippen molar-refractivity contribution < 1.29 is 48.7 Å². The molecule has 164 valence electrons. The van der Waals surface area contributed by atoms with Crippen molar-refractivity contribution in [3.05, 3.63) is 0 Å². The second kappa shape index (κ2) is 6.32. The maximum absolute atomic E-state index is 14.1. The van der Waals surface area contributed by atoms with Crippen molar-refractivity contribution in [1.29, 1.82) is 0 Å². The molecular weight excluding hydrogens is 437 g/mol. The van der Waals surface area contributed by atoms with E-state index in [0.717, 1.165) is 0 Å². The maximum atomic E-state index is 14.1. The minimum absolute atomic E-state index is 0.00415. The molecule has 3 saturated carbocycles. The number of rotatable bonds is 6. The third-order valence-corrected chi connectivity index (χ3v) is 9.46. The first kappa shape index (κ1) is 23.4. The van der Waals surface area contributed by atoms with Crippen molar-refractivity contribution >= 4 is 25.8 Å². The van der Waals surface area contributed by atoms with Gasteiger partial charge in [0.05, 0.1) is 5.60 Å². The van der Waals surface area contributed by atoms with Gasteiger partial charge in [-0.3, -0.25) is 4.79 Å². The molecule has 0 saturated heterocycles. The second-order valence-corrected chi connectivity index (χ2v) is 11.8. The number of carbonyl (C=O) groups is 1.